The fourth-order valence-corrected chi connectivity index (χ4v) is 1.30. The van der Waals surface area contributed by atoms with Crippen molar-refractivity contribution in [2.75, 3.05) is 13.6 Å². The number of hydrogen-bond acceptors (Lipinski definition) is 6. The van der Waals surface area contributed by atoms with Gasteiger partial charge in [-0.2, -0.15) is 0 Å². The molecule has 0 aromatic heterocycles. The molecular weight excluding hydrogens is 178 g/mol. The van der Waals surface area contributed by atoms with E-state index >= 15 is 0 Å². The lowest BCUT2D eigenvalue weighted by atomic mass is 9.99. The van der Waals surface area contributed by atoms with Gasteiger partial charge in [0.1, 0.15) is 24.4 Å². The van der Waals surface area contributed by atoms with E-state index < -0.39 is 30.7 Å². The van der Waals surface area contributed by atoms with E-state index in [1.165, 1.54) is 0 Å². The van der Waals surface area contributed by atoms with Gasteiger partial charge in [-0.05, 0) is 7.05 Å². The van der Waals surface area contributed by atoms with Gasteiger partial charge in [0.25, 0.3) is 0 Å². The minimum atomic E-state index is -1.46. The lowest BCUT2D eigenvalue weighted by molar-refractivity contribution is -0.280. The number of ether oxygens (including phenoxy) is 1. The van der Waals surface area contributed by atoms with Crippen LogP contribution in [0.25, 0.3) is 0 Å². The van der Waals surface area contributed by atoms with E-state index in [9.17, 15) is 10.2 Å². The topological polar surface area (TPSA) is 102 Å². The average Bonchev–Trinajstić information content (AvgIpc) is 2.11. The zero-order valence-corrected chi connectivity index (χ0v) is 7.29. The second-order valence-corrected chi connectivity index (χ2v) is 3.09. The molecule has 5 N–H and O–H groups in total. The Labute approximate surface area is 75.8 Å². The Morgan fingerprint density at radius 1 is 1.08 bits per heavy atom. The molecule has 0 spiro atoms. The van der Waals surface area contributed by atoms with E-state index in [4.69, 9.17) is 14.9 Å². The van der Waals surface area contributed by atoms with Gasteiger partial charge < -0.3 is 30.5 Å². The summed E-state index contributed by atoms with van der Waals surface area (Å²) in [6.07, 6.45) is -6.17. The first-order chi connectivity index (χ1) is 6.07. The number of nitrogens with one attached hydrogen (secondary N) is 1. The van der Waals surface area contributed by atoms with Crippen molar-refractivity contribution in [3.8, 4) is 0 Å². The molecule has 0 amide bonds. The molecule has 13 heavy (non-hydrogen) atoms. The highest BCUT2D eigenvalue weighted by molar-refractivity contribution is 4.89. The number of aliphatic hydroxyl groups excluding tert-OH is 4. The summed E-state index contributed by atoms with van der Waals surface area (Å²) in [6, 6.07) is 0. The van der Waals surface area contributed by atoms with Crippen molar-refractivity contribution >= 4 is 0 Å². The van der Waals surface area contributed by atoms with Gasteiger partial charge in [-0.15, -0.1) is 0 Å². The molecule has 1 fully saturated rings. The van der Waals surface area contributed by atoms with Gasteiger partial charge in [-0.25, -0.2) is 0 Å². The quantitative estimate of drug-likeness (QED) is 0.320. The lowest BCUT2D eigenvalue weighted by Crippen LogP contribution is -2.59. The highest BCUT2D eigenvalue weighted by Crippen LogP contribution is 2.18. The van der Waals surface area contributed by atoms with Gasteiger partial charge in [0.15, 0.2) is 6.29 Å². The van der Waals surface area contributed by atoms with E-state index in [2.05, 4.69) is 5.32 Å². The van der Waals surface area contributed by atoms with Crippen LogP contribution in [0.5, 0.6) is 0 Å². The molecule has 78 valence electrons. The third-order valence-electron chi connectivity index (χ3n) is 2.09. The summed E-state index contributed by atoms with van der Waals surface area (Å²) in [4.78, 5) is 0. The molecule has 6 heteroatoms. The average molecular weight is 193 g/mol. The maximum Gasteiger partial charge on any atom is 0.184 e. The Morgan fingerprint density at radius 3 is 2.23 bits per heavy atom. The smallest absolute Gasteiger partial charge is 0.184 e. The first-order valence-electron chi connectivity index (χ1n) is 4.10. The Morgan fingerprint density at radius 2 is 1.69 bits per heavy atom. The molecule has 3 unspecified atom stereocenters. The second-order valence-electron chi connectivity index (χ2n) is 3.09. The van der Waals surface area contributed by atoms with Crippen molar-refractivity contribution in [1.29, 1.82) is 0 Å². The van der Waals surface area contributed by atoms with Crippen molar-refractivity contribution < 1.29 is 25.2 Å². The maximum atomic E-state index is 9.37. The predicted molar refractivity (Wildman–Crippen MR) is 42.8 cm³/mol. The molecule has 1 aliphatic rings. The van der Waals surface area contributed by atoms with Crippen LogP contribution in [-0.4, -0.2) is 64.7 Å². The second kappa shape index (κ2) is 4.32. The Balaban J connectivity index is 2.59. The Kier molecular flexibility index (Phi) is 3.60. The molecule has 0 saturated carbocycles. The molecule has 1 saturated heterocycles. The van der Waals surface area contributed by atoms with Gasteiger partial charge >= 0.3 is 0 Å². The first kappa shape index (κ1) is 10.8. The number of hydrogen-bond donors (Lipinski definition) is 5. The van der Waals surface area contributed by atoms with Gasteiger partial charge in [-0.1, -0.05) is 0 Å². The molecule has 0 bridgehead atoms. The minimum absolute atomic E-state index is 0.294. The lowest BCUT2D eigenvalue weighted by Gasteiger charge is -2.38. The van der Waals surface area contributed by atoms with Crippen LogP contribution in [-0.2, 0) is 4.74 Å². The Hall–Kier alpha value is -0.240. The van der Waals surface area contributed by atoms with E-state index in [0.29, 0.717) is 6.54 Å². The van der Waals surface area contributed by atoms with Crippen molar-refractivity contribution in [2.45, 2.75) is 30.7 Å². The van der Waals surface area contributed by atoms with Gasteiger partial charge in [0, 0.05) is 6.54 Å². The van der Waals surface area contributed by atoms with Crippen molar-refractivity contribution in [3.63, 3.8) is 0 Å². The highest BCUT2D eigenvalue weighted by Gasteiger charge is 2.42. The van der Waals surface area contributed by atoms with Crippen LogP contribution in [0.2, 0.25) is 0 Å². The molecule has 1 aliphatic heterocycles. The fourth-order valence-electron chi connectivity index (χ4n) is 1.30. The highest BCUT2D eigenvalue weighted by atomic mass is 16.6. The molecule has 0 aromatic carbocycles. The van der Waals surface area contributed by atoms with Gasteiger partial charge in [0.05, 0.1) is 0 Å². The standard InChI is InChI=1S/C7H15NO5/c1-8-2-3-4(9)5(10)6(11)7(12)13-3/h3-12H,2H2,1H3/t3?,4-,5-,6?,7?/m0/s1. The Bertz CT molecular complexity index is 167. The molecular formula is C7H15NO5. The van der Waals surface area contributed by atoms with Crippen LogP contribution < -0.4 is 5.32 Å². The summed E-state index contributed by atoms with van der Waals surface area (Å²) in [6.45, 7) is 0.294. The third-order valence-corrected chi connectivity index (χ3v) is 2.09. The SMILES string of the molecule is CNCC1OC(O)C(O)[C@@H](O)[C@H]1O. The predicted octanol–water partition coefficient (Wildman–Crippen LogP) is -2.99. The zero-order valence-electron chi connectivity index (χ0n) is 7.29. The summed E-state index contributed by atoms with van der Waals surface area (Å²) < 4.78 is 4.85. The van der Waals surface area contributed by atoms with Crippen LogP contribution in [0, 0.1) is 0 Å². The summed E-state index contributed by atoms with van der Waals surface area (Å²) in [7, 11) is 1.65. The molecule has 1 heterocycles. The minimum Gasteiger partial charge on any atom is -0.388 e. The van der Waals surface area contributed by atoms with Crippen molar-refractivity contribution in [1.82, 2.24) is 5.32 Å². The molecule has 0 aromatic rings. The van der Waals surface area contributed by atoms with Crippen molar-refractivity contribution in [3.05, 3.63) is 0 Å². The summed E-state index contributed by atoms with van der Waals surface area (Å²) in [5.74, 6) is 0. The molecule has 0 aliphatic carbocycles. The van der Waals surface area contributed by atoms with Crippen LogP contribution in [0.15, 0.2) is 0 Å². The largest absolute Gasteiger partial charge is 0.388 e. The number of likely N-dealkylation sites (N-methyl/N-ethyl adjacent to an activating group) is 1. The van der Waals surface area contributed by atoms with Crippen LogP contribution in [0.1, 0.15) is 0 Å². The summed E-state index contributed by atoms with van der Waals surface area (Å²) in [5, 5.41) is 39.5. The molecule has 0 radical (unpaired) electrons. The molecule has 6 nitrogen and oxygen atoms in total. The first-order valence-corrected chi connectivity index (χ1v) is 4.10. The third kappa shape index (κ3) is 2.16. The summed E-state index contributed by atoms with van der Waals surface area (Å²) in [5.41, 5.74) is 0. The monoisotopic (exact) mass is 193 g/mol. The number of rotatable bonds is 2. The van der Waals surface area contributed by atoms with Gasteiger partial charge in [-0.3, -0.25) is 0 Å². The van der Waals surface area contributed by atoms with Gasteiger partial charge in [0.2, 0.25) is 0 Å². The van der Waals surface area contributed by atoms with Crippen LogP contribution in [0.4, 0.5) is 0 Å². The van der Waals surface area contributed by atoms with E-state index in [1.54, 1.807) is 7.05 Å². The molecule has 1 rings (SSSR count). The van der Waals surface area contributed by atoms with E-state index in [-0.39, 0.29) is 0 Å². The van der Waals surface area contributed by atoms with Crippen molar-refractivity contribution in [2.24, 2.45) is 0 Å². The fraction of sp³-hybridized carbons (Fsp3) is 1.00. The van der Waals surface area contributed by atoms with E-state index in [1.807, 2.05) is 0 Å². The van der Waals surface area contributed by atoms with E-state index in [0.717, 1.165) is 0 Å². The van der Waals surface area contributed by atoms with Crippen LogP contribution in [0.3, 0.4) is 0 Å². The van der Waals surface area contributed by atoms with Crippen LogP contribution >= 0.6 is 0 Å². The maximum absolute atomic E-state index is 9.37. The molecule has 5 atom stereocenters. The number of aliphatic hydroxyl groups is 4. The summed E-state index contributed by atoms with van der Waals surface area (Å²) >= 11 is 0. The zero-order chi connectivity index (χ0) is 10.0. The normalized spacial score (nSPS) is 46.4.